The van der Waals surface area contributed by atoms with E-state index in [9.17, 15) is 4.79 Å². The molecule has 1 heterocycles. The topological polar surface area (TPSA) is 20.3 Å². The molecule has 0 saturated carbocycles. The minimum absolute atomic E-state index is 0.398. The van der Waals surface area contributed by atoms with Gasteiger partial charge in [-0.25, -0.2) is 0 Å². The van der Waals surface area contributed by atoms with Crippen molar-refractivity contribution >= 4 is 17.5 Å². The van der Waals surface area contributed by atoms with Crippen molar-refractivity contribution in [3.8, 4) is 0 Å². The first-order chi connectivity index (χ1) is 5.18. The Morgan fingerprint density at radius 1 is 1.64 bits per heavy atom. The maximum Gasteiger partial charge on any atom is 0.148 e. The van der Waals surface area contributed by atoms with Crippen LogP contribution in [0, 0.1) is 0 Å². The molecule has 0 amide bonds. The highest BCUT2D eigenvalue weighted by atomic mass is 32.2. The molecule has 0 spiro atoms. The van der Waals surface area contributed by atoms with Crippen LogP contribution in [0.2, 0.25) is 0 Å². The van der Waals surface area contributed by atoms with Crippen LogP contribution in [-0.2, 0) is 4.79 Å². The number of hydrogen-bond acceptors (Lipinski definition) is 3. The summed E-state index contributed by atoms with van der Waals surface area (Å²) in [5.74, 6) is 1.41. The summed E-state index contributed by atoms with van der Waals surface area (Å²) in [5.41, 5.74) is 0. The molecule has 0 aromatic heterocycles. The average Bonchev–Trinajstić information content (AvgIpc) is 2.31. The van der Waals surface area contributed by atoms with Gasteiger partial charge in [0.25, 0.3) is 0 Å². The number of thioether (sulfide) groups is 1. The second kappa shape index (κ2) is 4.12. The van der Waals surface area contributed by atoms with E-state index >= 15 is 0 Å². The fourth-order valence-electron chi connectivity index (χ4n) is 1.06. The molecule has 64 valence electrons. The van der Waals surface area contributed by atoms with Gasteiger partial charge in [-0.05, 0) is 0 Å². The standard InChI is InChI=1S/C8H15NOS/c1-7(2)11-6-9-4-3-8(10)5-9/h7H,3-6H2,1-2H3. The Kier molecular flexibility index (Phi) is 3.40. The molecule has 11 heavy (non-hydrogen) atoms. The molecule has 0 aromatic carbocycles. The SMILES string of the molecule is CC(C)SCN1CCC(=O)C1. The summed E-state index contributed by atoms with van der Waals surface area (Å²) in [4.78, 5) is 13.1. The lowest BCUT2D eigenvalue weighted by atomic mass is 10.4. The molecule has 0 aromatic rings. The van der Waals surface area contributed by atoms with Crippen molar-refractivity contribution in [1.82, 2.24) is 4.90 Å². The summed E-state index contributed by atoms with van der Waals surface area (Å²) in [6.45, 7) is 6.02. The molecular formula is C8H15NOS. The molecule has 1 saturated heterocycles. The number of Topliss-reactive ketones (excluding diaryl/α,β-unsaturated/α-hetero) is 1. The number of rotatable bonds is 3. The van der Waals surface area contributed by atoms with Crippen LogP contribution in [0.15, 0.2) is 0 Å². The Bertz CT molecular complexity index is 147. The van der Waals surface area contributed by atoms with Crippen molar-refractivity contribution in [2.45, 2.75) is 25.5 Å². The highest BCUT2D eigenvalue weighted by Gasteiger charge is 2.18. The van der Waals surface area contributed by atoms with Crippen molar-refractivity contribution < 1.29 is 4.79 Å². The summed E-state index contributed by atoms with van der Waals surface area (Å²) in [6.07, 6.45) is 0.763. The van der Waals surface area contributed by atoms with Crippen LogP contribution < -0.4 is 0 Å². The van der Waals surface area contributed by atoms with Crippen LogP contribution in [-0.4, -0.2) is 34.9 Å². The van der Waals surface area contributed by atoms with Crippen LogP contribution in [0.4, 0.5) is 0 Å². The fraction of sp³-hybridized carbons (Fsp3) is 0.875. The second-order valence-electron chi connectivity index (χ2n) is 3.19. The van der Waals surface area contributed by atoms with E-state index in [4.69, 9.17) is 0 Å². The Labute approximate surface area is 72.3 Å². The number of carbonyl (C=O) groups is 1. The van der Waals surface area contributed by atoms with Gasteiger partial charge in [0.1, 0.15) is 5.78 Å². The largest absolute Gasteiger partial charge is 0.298 e. The molecule has 1 fully saturated rings. The van der Waals surface area contributed by atoms with Gasteiger partial charge in [0.15, 0.2) is 0 Å². The maximum atomic E-state index is 10.8. The van der Waals surface area contributed by atoms with Crippen LogP contribution >= 0.6 is 11.8 Å². The molecule has 0 unspecified atom stereocenters. The minimum atomic E-state index is 0.398. The van der Waals surface area contributed by atoms with Gasteiger partial charge in [-0.3, -0.25) is 9.69 Å². The monoisotopic (exact) mass is 173 g/mol. The minimum Gasteiger partial charge on any atom is -0.298 e. The van der Waals surface area contributed by atoms with E-state index in [1.54, 1.807) is 0 Å². The lowest BCUT2D eigenvalue weighted by Crippen LogP contribution is -2.20. The highest BCUT2D eigenvalue weighted by molar-refractivity contribution is 7.99. The van der Waals surface area contributed by atoms with Crippen LogP contribution in [0.3, 0.4) is 0 Å². The number of nitrogens with zero attached hydrogens (tertiary/aromatic N) is 1. The number of carbonyl (C=O) groups excluding carboxylic acids is 1. The molecule has 2 nitrogen and oxygen atoms in total. The van der Waals surface area contributed by atoms with Crippen LogP contribution in [0.5, 0.6) is 0 Å². The first kappa shape index (κ1) is 9.07. The van der Waals surface area contributed by atoms with Crippen LogP contribution in [0.1, 0.15) is 20.3 Å². The number of hydrogen-bond donors (Lipinski definition) is 0. The third-order valence-corrected chi connectivity index (χ3v) is 2.88. The zero-order valence-corrected chi connectivity index (χ0v) is 7.99. The zero-order chi connectivity index (χ0) is 8.27. The van der Waals surface area contributed by atoms with Gasteiger partial charge in [0.05, 0.1) is 6.54 Å². The van der Waals surface area contributed by atoms with Crippen molar-refractivity contribution in [3.63, 3.8) is 0 Å². The molecule has 0 N–H and O–H groups in total. The van der Waals surface area contributed by atoms with Crippen LogP contribution in [0.25, 0.3) is 0 Å². The number of ketones is 1. The third kappa shape index (κ3) is 3.25. The highest BCUT2D eigenvalue weighted by Crippen LogP contribution is 2.14. The van der Waals surface area contributed by atoms with E-state index in [0.717, 1.165) is 18.8 Å². The smallest absolute Gasteiger partial charge is 0.148 e. The van der Waals surface area contributed by atoms with Gasteiger partial charge in [0, 0.05) is 24.1 Å². The van der Waals surface area contributed by atoms with Gasteiger partial charge in [-0.15, -0.1) is 11.8 Å². The summed E-state index contributed by atoms with van der Waals surface area (Å²) >= 11 is 1.90. The first-order valence-electron chi connectivity index (χ1n) is 4.04. The summed E-state index contributed by atoms with van der Waals surface area (Å²) < 4.78 is 0. The van der Waals surface area contributed by atoms with Gasteiger partial charge in [0.2, 0.25) is 0 Å². The Balaban J connectivity index is 2.13. The average molecular weight is 173 g/mol. The summed E-state index contributed by atoms with van der Waals surface area (Å²) in [5, 5.41) is 0.672. The van der Waals surface area contributed by atoms with Crippen molar-refractivity contribution in [2.75, 3.05) is 19.0 Å². The van der Waals surface area contributed by atoms with Gasteiger partial charge in [-0.1, -0.05) is 13.8 Å². The summed E-state index contributed by atoms with van der Waals surface area (Å²) in [6, 6.07) is 0. The summed E-state index contributed by atoms with van der Waals surface area (Å²) in [7, 11) is 0. The molecule has 3 heteroatoms. The number of likely N-dealkylation sites (tertiary alicyclic amines) is 1. The van der Waals surface area contributed by atoms with Crippen molar-refractivity contribution in [3.05, 3.63) is 0 Å². The third-order valence-electron chi connectivity index (χ3n) is 1.70. The molecule has 1 aliphatic heterocycles. The maximum absolute atomic E-state index is 10.8. The van der Waals surface area contributed by atoms with Gasteiger partial charge < -0.3 is 0 Å². The first-order valence-corrected chi connectivity index (χ1v) is 5.09. The van der Waals surface area contributed by atoms with E-state index in [0.29, 0.717) is 17.6 Å². The van der Waals surface area contributed by atoms with Crippen molar-refractivity contribution in [2.24, 2.45) is 0 Å². The normalized spacial score (nSPS) is 20.1. The lowest BCUT2D eigenvalue weighted by Gasteiger charge is -2.14. The second-order valence-corrected chi connectivity index (χ2v) is 4.72. The van der Waals surface area contributed by atoms with Gasteiger partial charge >= 0.3 is 0 Å². The molecule has 1 rings (SSSR count). The molecule has 0 atom stereocenters. The van der Waals surface area contributed by atoms with E-state index < -0.39 is 0 Å². The predicted molar refractivity (Wildman–Crippen MR) is 48.8 cm³/mol. The Morgan fingerprint density at radius 2 is 2.36 bits per heavy atom. The van der Waals surface area contributed by atoms with Crippen molar-refractivity contribution in [1.29, 1.82) is 0 Å². The molecule has 0 aliphatic carbocycles. The molecule has 0 bridgehead atoms. The van der Waals surface area contributed by atoms with E-state index in [1.807, 2.05) is 11.8 Å². The quantitative estimate of drug-likeness (QED) is 0.642. The molecule has 1 aliphatic rings. The molecule has 0 radical (unpaired) electrons. The Hall–Kier alpha value is -0.0200. The molecular weight excluding hydrogens is 158 g/mol. The van der Waals surface area contributed by atoms with Gasteiger partial charge in [-0.2, -0.15) is 0 Å². The zero-order valence-electron chi connectivity index (χ0n) is 7.17. The van der Waals surface area contributed by atoms with E-state index in [1.165, 1.54) is 0 Å². The predicted octanol–water partition coefficient (Wildman–Crippen LogP) is 1.36. The van der Waals surface area contributed by atoms with E-state index in [2.05, 4.69) is 18.7 Å². The fourth-order valence-corrected chi connectivity index (χ4v) is 1.78. The van der Waals surface area contributed by atoms with E-state index in [-0.39, 0.29) is 0 Å². The Morgan fingerprint density at radius 3 is 2.82 bits per heavy atom. The lowest BCUT2D eigenvalue weighted by molar-refractivity contribution is -0.116.